The molecule has 4 rings (SSSR count). The van der Waals surface area contributed by atoms with Crippen molar-refractivity contribution in [2.45, 2.75) is 43.0 Å². The highest BCUT2D eigenvalue weighted by molar-refractivity contribution is 7.90. The Kier molecular flexibility index (Phi) is 4.43. The lowest BCUT2D eigenvalue weighted by Gasteiger charge is -2.31. The highest BCUT2D eigenvalue weighted by atomic mass is 32.2. The molecule has 0 aromatic carbocycles. The van der Waals surface area contributed by atoms with E-state index in [-0.39, 0.29) is 5.25 Å². The first kappa shape index (κ1) is 16.3. The zero-order chi connectivity index (χ0) is 15.9. The largest absolute Gasteiger partial charge is 0.377 e. The van der Waals surface area contributed by atoms with Crippen LogP contribution in [-0.4, -0.2) is 81.0 Å². The fourth-order valence-electron chi connectivity index (χ4n) is 4.26. The van der Waals surface area contributed by atoms with Crippen LogP contribution >= 0.6 is 0 Å². The third-order valence-corrected chi connectivity index (χ3v) is 7.97. The molecular formula is C16H28N2O4S. The Labute approximate surface area is 139 Å². The van der Waals surface area contributed by atoms with Crippen LogP contribution in [0, 0.1) is 5.92 Å². The van der Waals surface area contributed by atoms with Gasteiger partial charge in [0.15, 0.2) is 0 Å². The first-order valence-electron chi connectivity index (χ1n) is 9.00. The van der Waals surface area contributed by atoms with Crippen LogP contribution in [0.15, 0.2) is 0 Å². The molecule has 1 spiro atoms. The molecule has 23 heavy (non-hydrogen) atoms. The Morgan fingerprint density at radius 2 is 1.91 bits per heavy atom. The molecular weight excluding hydrogens is 316 g/mol. The second-order valence-corrected chi connectivity index (χ2v) is 9.92. The molecule has 0 radical (unpaired) electrons. The summed E-state index contributed by atoms with van der Waals surface area (Å²) in [6.07, 6.45) is 5.14. The highest BCUT2D eigenvalue weighted by Gasteiger charge is 2.48. The summed E-state index contributed by atoms with van der Waals surface area (Å²) in [7, 11) is -3.15. The summed E-state index contributed by atoms with van der Waals surface area (Å²) in [6, 6.07) is 0. The molecule has 0 amide bonds. The van der Waals surface area contributed by atoms with Gasteiger partial charge in [-0.05, 0) is 51.1 Å². The lowest BCUT2D eigenvalue weighted by atomic mass is 9.94. The van der Waals surface area contributed by atoms with Gasteiger partial charge >= 0.3 is 0 Å². The van der Waals surface area contributed by atoms with E-state index in [0.717, 1.165) is 32.4 Å². The normalized spacial score (nSPS) is 37.5. The fraction of sp³-hybridized carbons (Fsp3) is 1.00. The van der Waals surface area contributed by atoms with Crippen molar-refractivity contribution in [1.82, 2.24) is 9.21 Å². The second-order valence-electron chi connectivity index (χ2n) is 7.70. The van der Waals surface area contributed by atoms with E-state index >= 15 is 0 Å². The Bertz CT molecular complexity index is 530. The van der Waals surface area contributed by atoms with E-state index in [2.05, 4.69) is 4.90 Å². The maximum atomic E-state index is 12.6. The predicted octanol–water partition coefficient (Wildman–Crippen LogP) is 0.682. The number of ether oxygens (including phenoxy) is 2. The van der Waals surface area contributed by atoms with Gasteiger partial charge in [0.25, 0.3) is 0 Å². The van der Waals surface area contributed by atoms with Gasteiger partial charge in [0.2, 0.25) is 10.0 Å². The fourth-order valence-corrected chi connectivity index (χ4v) is 6.16. The number of rotatable bonds is 4. The molecule has 1 saturated carbocycles. The summed E-state index contributed by atoms with van der Waals surface area (Å²) in [4.78, 5) is 2.52. The third-order valence-electron chi connectivity index (χ3n) is 5.62. The lowest BCUT2D eigenvalue weighted by molar-refractivity contribution is -0.0512. The van der Waals surface area contributed by atoms with Crippen LogP contribution in [0.1, 0.15) is 32.1 Å². The predicted molar refractivity (Wildman–Crippen MR) is 86.8 cm³/mol. The molecule has 7 heteroatoms. The van der Waals surface area contributed by atoms with Crippen molar-refractivity contribution in [3.8, 4) is 0 Å². The van der Waals surface area contributed by atoms with Crippen molar-refractivity contribution in [2.75, 3.05) is 52.5 Å². The summed E-state index contributed by atoms with van der Waals surface area (Å²) in [5, 5.41) is -0.153. The molecule has 0 aromatic heterocycles. The number of hydrogen-bond donors (Lipinski definition) is 0. The van der Waals surface area contributed by atoms with Gasteiger partial charge < -0.3 is 14.4 Å². The van der Waals surface area contributed by atoms with E-state index in [1.54, 1.807) is 4.31 Å². The number of hydrogen-bond acceptors (Lipinski definition) is 5. The molecule has 0 unspecified atom stereocenters. The SMILES string of the molecule is O=S(=O)(C1CC1)N1CCOC[C@@]2(C[C@@H](CN3CCCC3)CO2)C1. The smallest absolute Gasteiger partial charge is 0.217 e. The Balaban J connectivity index is 1.42. The van der Waals surface area contributed by atoms with E-state index < -0.39 is 15.6 Å². The molecule has 4 fully saturated rings. The van der Waals surface area contributed by atoms with Crippen LogP contribution in [0.4, 0.5) is 0 Å². The molecule has 132 valence electrons. The number of likely N-dealkylation sites (tertiary alicyclic amines) is 1. The van der Waals surface area contributed by atoms with Gasteiger partial charge in [-0.25, -0.2) is 8.42 Å². The minimum Gasteiger partial charge on any atom is -0.377 e. The standard InChI is InChI=1S/C16H28N2O4S/c19-23(20,15-3-4-15)18-7-8-21-13-16(12-18)9-14(11-22-16)10-17-5-1-2-6-17/h14-15H,1-13H2/t14-,16+/m0/s1. The Hall–Kier alpha value is -0.210. The van der Waals surface area contributed by atoms with Crippen LogP contribution in [0.25, 0.3) is 0 Å². The lowest BCUT2D eigenvalue weighted by Crippen LogP contribution is -2.47. The highest BCUT2D eigenvalue weighted by Crippen LogP contribution is 2.37. The van der Waals surface area contributed by atoms with Crippen molar-refractivity contribution in [1.29, 1.82) is 0 Å². The average molecular weight is 344 g/mol. The van der Waals surface area contributed by atoms with Crippen molar-refractivity contribution < 1.29 is 17.9 Å². The van der Waals surface area contributed by atoms with Crippen LogP contribution in [0.2, 0.25) is 0 Å². The van der Waals surface area contributed by atoms with Crippen molar-refractivity contribution >= 4 is 10.0 Å². The molecule has 2 atom stereocenters. The van der Waals surface area contributed by atoms with Crippen molar-refractivity contribution in [2.24, 2.45) is 5.92 Å². The summed E-state index contributed by atoms with van der Waals surface area (Å²) in [5.74, 6) is 0.500. The van der Waals surface area contributed by atoms with Gasteiger partial charge in [-0.3, -0.25) is 0 Å². The van der Waals surface area contributed by atoms with Gasteiger partial charge in [-0.1, -0.05) is 0 Å². The van der Waals surface area contributed by atoms with E-state index in [9.17, 15) is 8.42 Å². The zero-order valence-electron chi connectivity index (χ0n) is 13.8. The summed E-state index contributed by atoms with van der Waals surface area (Å²) < 4.78 is 38.7. The van der Waals surface area contributed by atoms with Gasteiger partial charge in [0.05, 0.1) is 25.1 Å². The number of nitrogens with zero attached hydrogens (tertiary/aromatic N) is 2. The van der Waals surface area contributed by atoms with E-state index in [1.807, 2.05) is 0 Å². The molecule has 0 aromatic rings. The van der Waals surface area contributed by atoms with E-state index in [1.165, 1.54) is 25.9 Å². The van der Waals surface area contributed by atoms with Gasteiger partial charge in [-0.15, -0.1) is 0 Å². The summed E-state index contributed by atoms with van der Waals surface area (Å²) in [6.45, 7) is 6.16. The first-order chi connectivity index (χ1) is 11.1. The summed E-state index contributed by atoms with van der Waals surface area (Å²) in [5.41, 5.74) is -0.428. The molecule has 0 N–H and O–H groups in total. The second kappa shape index (κ2) is 6.26. The van der Waals surface area contributed by atoms with Crippen LogP contribution < -0.4 is 0 Å². The van der Waals surface area contributed by atoms with Crippen LogP contribution in [-0.2, 0) is 19.5 Å². The Morgan fingerprint density at radius 1 is 1.13 bits per heavy atom. The molecule has 3 heterocycles. The van der Waals surface area contributed by atoms with Crippen molar-refractivity contribution in [3.05, 3.63) is 0 Å². The Morgan fingerprint density at radius 3 is 2.65 bits per heavy atom. The van der Waals surface area contributed by atoms with Gasteiger partial charge in [-0.2, -0.15) is 4.31 Å². The quantitative estimate of drug-likeness (QED) is 0.751. The number of sulfonamides is 1. The maximum Gasteiger partial charge on any atom is 0.217 e. The van der Waals surface area contributed by atoms with Gasteiger partial charge in [0.1, 0.15) is 5.60 Å². The van der Waals surface area contributed by atoms with Crippen LogP contribution in [0.5, 0.6) is 0 Å². The van der Waals surface area contributed by atoms with Crippen molar-refractivity contribution in [3.63, 3.8) is 0 Å². The first-order valence-corrected chi connectivity index (χ1v) is 10.5. The monoisotopic (exact) mass is 344 g/mol. The molecule has 4 aliphatic rings. The van der Waals surface area contributed by atoms with E-state index in [4.69, 9.17) is 9.47 Å². The average Bonchev–Trinajstić information content (AvgIpc) is 3.20. The molecule has 6 nitrogen and oxygen atoms in total. The topological polar surface area (TPSA) is 59.1 Å². The minimum atomic E-state index is -3.15. The summed E-state index contributed by atoms with van der Waals surface area (Å²) >= 11 is 0. The third kappa shape index (κ3) is 3.44. The van der Waals surface area contributed by atoms with Gasteiger partial charge in [0, 0.05) is 19.6 Å². The maximum absolute atomic E-state index is 12.6. The molecule has 0 bridgehead atoms. The minimum absolute atomic E-state index is 0.153. The van der Waals surface area contributed by atoms with Crippen LogP contribution in [0.3, 0.4) is 0 Å². The zero-order valence-corrected chi connectivity index (χ0v) is 14.6. The van der Waals surface area contributed by atoms with E-state index in [0.29, 0.717) is 32.2 Å². The molecule has 1 aliphatic carbocycles. The molecule has 3 aliphatic heterocycles. The molecule has 3 saturated heterocycles.